The number of carboxylic acids is 1. The first-order valence-electron chi connectivity index (χ1n) is 13.1. The fraction of sp³-hybridized carbons (Fsp3) is 0.242. The lowest BCUT2D eigenvalue weighted by atomic mass is 9.97. The summed E-state index contributed by atoms with van der Waals surface area (Å²) in [7, 11) is 4.03. The molecular formula is C33H34N2O3. The second-order valence-corrected chi connectivity index (χ2v) is 10.0. The van der Waals surface area contributed by atoms with Crippen molar-refractivity contribution < 1.29 is 14.6 Å². The van der Waals surface area contributed by atoms with E-state index in [4.69, 9.17) is 4.74 Å². The minimum atomic E-state index is -0.888. The van der Waals surface area contributed by atoms with E-state index in [0.29, 0.717) is 31.7 Å². The molecule has 0 saturated heterocycles. The maximum atomic E-state index is 12.7. The Balaban J connectivity index is 1.52. The van der Waals surface area contributed by atoms with Crippen molar-refractivity contribution in [3.05, 3.63) is 102 Å². The van der Waals surface area contributed by atoms with Gasteiger partial charge in [-0.05, 0) is 62.0 Å². The highest BCUT2D eigenvalue weighted by atomic mass is 16.5. The van der Waals surface area contributed by atoms with E-state index in [1.54, 1.807) is 0 Å². The van der Waals surface area contributed by atoms with Crippen molar-refractivity contribution in [2.45, 2.75) is 26.3 Å². The normalized spacial score (nSPS) is 11.5. The molecule has 0 spiro atoms. The molecule has 0 aliphatic carbocycles. The SMILES string of the molecule is Cc1ccccc1-c1cccc2c(CCCOc3cccc4ccccc34)c(C(=O)O)n(CCN(C)C)c12. The number of para-hydroxylation sites is 1. The van der Waals surface area contributed by atoms with E-state index in [-0.39, 0.29) is 0 Å². The van der Waals surface area contributed by atoms with Crippen LogP contribution < -0.4 is 4.74 Å². The van der Waals surface area contributed by atoms with Crippen LogP contribution >= 0.6 is 0 Å². The maximum absolute atomic E-state index is 12.7. The number of hydrogen-bond donors (Lipinski definition) is 1. The van der Waals surface area contributed by atoms with Crippen LogP contribution in [0.2, 0.25) is 0 Å². The Hall–Kier alpha value is -4.09. The Morgan fingerprint density at radius 2 is 1.55 bits per heavy atom. The number of rotatable bonds is 10. The summed E-state index contributed by atoms with van der Waals surface area (Å²) in [6.07, 6.45) is 1.33. The fourth-order valence-corrected chi connectivity index (χ4v) is 5.35. The zero-order valence-corrected chi connectivity index (χ0v) is 22.3. The highest BCUT2D eigenvalue weighted by molar-refractivity contribution is 6.04. The smallest absolute Gasteiger partial charge is 0.352 e. The third-order valence-electron chi connectivity index (χ3n) is 7.17. The van der Waals surface area contributed by atoms with Crippen LogP contribution in [0.5, 0.6) is 5.75 Å². The first-order valence-corrected chi connectivity index (χ1v) is 13.1. The Bertz CT molecular complexity index is 1590. The number of ether oxygens (including phenoxy) is 1. The number of carbonyl (C=O) groups is 1. The molecule has 0 aliphatic rings. The van der Waals surface area contributed by atoms with Gasteiger partial charge in [-0.25, -0.2) is 4.79 Å². The van der Waals surface area contributed by atoms with Crippen LogP contribution in [0.15, 0.2) is 84.9 Å². The lowest BCUT2D eigenvalue weighted by Gasteiger charge is -2.16. The molecule has 0 radical (unpaired) electrons. The number of carboxylic acid groups (broad SMARTS) is 1. The minimum absolute atomic E-state index is 0.382. The zero-order valence-electron chi connectivity index (χ0n) is 22.3. The Morgan fingerprint density at radius 3 is 2.34 bits per heavy atom. The van der Waals surface area contributed by atoms with Gasteiger partial charge in [-0.3, -0.25) is 0 Å². The molecule has 38 heavy (non-hydrogen) atoms. The molecule has 1 N–H and O–H groups in total. The summed E-state index contributed by atoms with van der Waals surface area (Å²) in [4.78, 5) is 14.8. The molecular weight excluding hydrogens is 472 g/mol. The molecule has 0 fully saturated rings. The number of hydrogen-bond acceptors (Lipinski definition) is 3. The van der Waals surface area contributed by atoms with Crippen LogP contribution in [0.4, 0.5) is 0 Å². The number of aromatic carboxylic acids is 1. The molecule has 5 nitrogen and oxygen atoms in total. The van der Waals surface area contributed by atoms with Crippen LogP contribution in [-0.2, 0) is 13.0 Å². The van der Waals surface area contributed by atoms with Crippen molar-refractivity contribution in [2.24, 2.45) is 0 Å². The predicted molar refractivity (Wildman–Crippen MR) is 155 cm³/mol. The van der Waals surface area contributed by atoms with E-state index in [1.165, 1.54) is 5.56 Å². The van der Waals surface area contributed by atoms with Crippen LogP contribution in [0.3, 0.4) is 0 Å². The summed E-state index contributed by atoms with van der Waals surface area (Å²) in [5.41, 5.74) is 5.62. The maximum Gasteiger partial charge on any atom is 0.352 e. The highest BCUT2D eigenvalue weighted by Crippen LogP contribution is 2.36. The van der Waals surface area contributed by atoms with Gasteiger partial charge in [0.1, 0.15) is 11.4 Å². The molecule has 1 aromatic heterocycles. The summed E-state index contributed by atoms with van der Waals surface area (Å²) < 4.78 is 8.20. The van der Waals surface area contributed by atoms with E-state index in [9.17, 15) is 9.90 Å². The van der Waals surface area contributed by atoms with Gasteiger partial charge in [0, 0.05) is 29.4 Å². The Labute approximate surface area is 223 Å². The molecule has 0 unspecified atom stereocenters. The second kappa shape index (κ2) is 11.1. The summed E-state index contributed by atoms with van der Waals surface area (Å²) in [6, 6.07) is 28.8. The van der Waals surface area contributed by atoms with Crippen molar-refractivity contribution in [1.82, 2.24) is 9.47 Å². The molecule has 194 valence electrons. The number of benzene rings is 4. The van der Waals surface area contributed by atoms with Crippen LogP contribution in [0.1, 0.15) is 28.0 Å². The largest absolute Gasteiger partial charge is 0.493 e. The average Bonchev–Trinajstić information content (AvgIpc) is 3.24. The number of aryl methyl sites for hydroxylation is 2. The van der Waals surface area contributed by atoms with E-state index >= 15 is 0 Å². The van der Waals surface area contributed by atoms with Gasteiger partial charge in [0.2, 0.25) is 0 Å². The topological polar surface area (TPSA) is 54.7 Å². The van der Waals surface area contributed by atoms with Gasteiger partial charge >= 0.3 is 5.97 Å². The van der Waals surface area contributed by atoms with E-state index in [1.807, 2.05) is 61.1 Å². The lowest BCUT2D eigenvalue weighted by Crippen LogP contribution is -2.21. The lowest BCUT2D eigenvalue weighted by molar-refractivity contribution is 0.0683. The van der Waals surface area contributed by atoms with Crippen LogP contribution in [-0.4, -0.2) is 47.8 Å². The van der Waals surface area contributed by atoms with Crippen molar-refractivity contribution in [2.75, 3.05) is 27.2 Å². The standard InChI is InChI=1S/C33H34N2O3/c1-23-11-4-6-14-25(23)27-16-9-17-28-29(32(33(36)37)35(31(27)28)21-20-34(2)3)18-10-22-38-30-19-8-13-24-12-5-7-15-26(24)30/h4-9,11-17,19H,10,18,20-22H2,1-3H3,(H,36,37). The zero-order chi connectivity index (χ0) is 26.6. The summed E-state index contributed by atoms with van der Waals surface area (Å²) in [5, 5.41) is 13.7. The van der Waals surface area contributed by atoms with Gasteiger partial charge in [0.15, 0.2) is 0 Å². The molecule has 5 heteroatoms. The fourth-order valence-electron chi connectivity index (χ4n) is 5.35. The molecule has 0 aliphatic heterocycles. The Kier molecular flexibility index (Phi) is 7.47. The second-order valence-electron chi connectivity index (χ2n) is 10.0. The number of fused-ring (bicyclic) bond motifs is 2. The molecule has 5 rings (SSSR count). The Morgan fingerprint density at radius 1 is 0.868 bits per heavy atom. The third-order valence-corrected chi connectivity index (χ3v) is 7.17. The first-order chi connectivity index (χ1) is 18.5. The number of likely N-dealkylation sites (N-methyl/N-ethyl adjacent to an activating group) is 1. The minimum Gasteiger partial charge on any atom is -0.493 e. The summed E-state index contributed by atoms with van der Waals surface area (Å²) in [6.45, 7) is 3.95. The summed E-state index contributed by atoms with van der Waals surface area (Å²) in [5.74, 6) is -0.0301. The van der Waals surface area contributed by atoms with Crippen molar-refractivity contribution in [3.63, 3.8) is 0 Å². The molecule has 0 amide bonds. The van der Waals surface area contributed by atoms with E-state index in [0.717, 1.165) is 50.7 Å². The molecule has 0 saturated carbocycles. The van der Waals surface area contributed by atoms with Crippen LogP contribution in [0.25, 0.3) is 32.8 Å². The van der Waals surface area contributed by atoms with Crippen molar-refractivity contribution >= 4 is 27.6 Å². The van der Waals surface area contributed by atoms with Gasteiger partial charge < -0.3 is 19.3 Å². The number of nitrogens with zero attached hydrogens (tertiary/aromatic N) is 2. The molecule has 4 aromatic carbocycles. The van der Waals surface area contributed by atoms with Gasteiger partial charge in [0.25, 0.3) is 0 Å². The van der Waals surface area contributed by atoms with Crippen molar-refractivity contribution in [3.8, 4) is 16.9 Å². The van der Waals surface area contributed by atoms with E-state index in [2.05, 4.69) is 54.3 Å². The van der Waals surface area contributed by atoms with Gasteiger partial charge in [-0.15, -0.1) is 0 Å². The van der Waals surface area contributed by atoms with Crippen molar-refractivity contribution in [1.29, 1.82) is 0 Å². The van der Waals surface area contributed by atoms with Gasteiger partial charge in [-0.1, -0.05) is 78.9 Å². The molecule has 5 aromatic rings. The monoisotopic (exact) mass is 506 g/mol. The van der Waals surface area contributed by atoms with Crippen LogP contribution in [0, 0.1) is 6.92 Å². The third kappa shape index (κ3) is 5.02. The highest BCUT2D eigenvalue weighted by Gasteiger charge is 2.24. The summed E-state index contributed by atoms with van der Waals surface area (Å²) >= 11 is 0. The molecule has 1 heterocycles. The molecule has 0 bridgehead atoms. The number of aromatic nitrogens is 1. The molecule has 0 atom stereocenters. The van der Waals surface area contributed by atoms with Gasteiger partial charge in [-0.2, -0.15) is 0 Å². The average molecular weight is 507 g/mol. The first kappa shape index (κ1) is 25.6. The quantitative estimate of drug-likeness (QED) is 0.206. The van der Waals surface area contributed by atoms with Gasteiger partial charge in [0.05, 0.1) is 12.1 Å². The van der Waals surface area contributed by atoms with E-state index < -0.39 is 5.97 Å². The predicted octanol–water partition coefficient (Wildman–Crippen LogP) is 7.04.